The summed E-state index contributed by atoms with van der Waals surface area (Å²) in [6.07, 6.45) is 6.39. The number of rotatable bonds is 5. The summed E-state index contributed by atoms with van der Waals surface area (Å²) in [5.41, 5.74) is 6.76. The second kappa shape index (κ2) is 6.02. The molecule has 16 heavy (non-hydrogen) atoms. The molecule has 1 aliphatic rings. The zero-order valence-electron chi connectivity index (χ0n) is 11.6. The summed E-state index contributed by atoms with van der Waals surface area (Å²) in [7, 11) is 2.24. The van der Waals surface area contributed by atoms with Crippen LogP contribution in [0, 0.1) is 11.3 Å². The monoisotopic (exact) mass is 226 g/mol. The minimum atomic E-state index is 0.428. The molecule has 0 aromatic carbocycles. The van der Waals surface area contributed by atoms with E-state index in [0.717, 1.165) is 0 Å². The second-order valence-electron chi connectivity index (χ2n) is 6.45. The van der Waals surface area contributed by atoms with Crippen LogP contribution in [0.4, 0.5) is 0 Å². The molecule has 0 aromatic rings. The van der Waals surface area contributed by atoms with Crippen molar-refractivity contribution >= 4 is 0 Å². The fourth-order valence-electron chi connectivity index (χ4n) is 2.88. The van der Waals surface area contributed by atoms with E-state index in [1.165, 1.54) is 45.2 Å². The van der Waals surface area contributed by atoms with Gasteiger partial charge in [-0.15, -0.1) is 0 Å². The van der Waals surface area contributed by atoms with Crippen molar-refractivity contribution in [3.05, 3.63) is 0 Å². The molecule has 2 heteroatoms. The molecule has 0 amide bonds. The van der Waals surface area contributed by atoms with Gasteiger partial charge in [-0.05, 0) is 50.6 Å². The molecule has 0 aliphatic heterocycles. The molecule has 2 atom stereocenters. The summed E-state index contributed by atoms with van der Waals surface area (Å²) in [4.78, 5) is 2.47. The third-order valence-corrected chi connectivity index (χ3v) is 4.01. The van der Waals surface area contributed by atoms with Crippen molar-refractivity contribution in [1.29, 1.82) is 0 Å². The van der Waals surface area contributed by atoms with Crippen LogP contribution in [0.3, 0.4) is 0 Å². The lowest BCUT2D eigenvalue weighted by Gasteiger charge is -2.40. The molecule has 96 valence electrons. The van der Waals surface area contributed by atoms with E-state index in [0.29, 0.717) is 17.4 Å². The van der Waals surface area contributed by atoms with E-state index < -0.39 is 0 Å². The Morgan fingerprint density at radius 1 is 1.38 bits per heavy atom. The highest BCUT2D eigenvalue weighted by molar-refractivity contribution is 4.88. The SMILES string of the molecule is CCCCN(C)CC1CC(C)(C)CCC1N. The van der Waals surface area contributed by atoms with Crippen molar-refractivity contribution < 1.29 is 0 Å². The molecule has 2 unspecified atom stereocenters. The van der Waals surface area contributed by atoms with Gasteiger partial charge in [0.1, 0.15) is 0 Å². The summed E-state index contributed by atoms with van der Waals surface area (Å²) < 4.78 is 0. The van der Waals surface area contributed by atoms with E-state index in [1.807, 2.05) is 0 Å². The smallest absolute Gasteiger partial charge is 0.00797 e. The van der Waals surface area contributed by atoms with Gasteiger partial charge in [0.05, 0.1) is 0 Å². The van der Waals surface area contributed by atoms with Gasteiger partial charge < -0.3 is 10.6 Å². The quantitative estimate of drug-likeness (QED) is 0.781. The number of hydrogen-bond donors (Lipinski definition) is 1. The van der Waals surface area contributed by atoms with E-state index in [1.54, 1.807) is 0 Å². The van der Waals surface area contributed by atoms with Crippen LogP contribution in [0.25, 0.3) is 0 Å². The molecule has 1 rings (SSSR count). The Balaban J connectivity index is 2.38. The zero-order valence-corrected chi connectivity index (χ0v) is 11.6. The van der Waals surface area contributed by atoms with Crippen molar-refractivity contribution in [2.75, 3.05) is 20.1 Å². The Morgan fingerprint density at radius 3 is 2.69 bits per heavy atom. The van der Waals surface area contributed by atoms with Gasteiger partial charge in [0.2, 0.25) is 0 Å². The minimum Gasteiger partial charge on any atom is -0.327 e. The van der Waals surface area contributed by atoms with Gasteiger partial charge in [-0.3, -0.25) is 0 Å². The Morgan fingerprint density at radius 2 is 2.06 bits per heavy atom. The Labute approximate surface area is 102 Å². The zero-order chi connectivity index (χ0) is 12.2. The number of unbranched alkanes of at least 4 members (excludes halogenated alkanes) is 1. The normalized spacial score (nSPS) is 29.6. The fraction of sp³-hybridized carbons (Fsp3) is 1.00. The second-order valence-corrected chi connectivity index (χ2v) is 6.45. The lowest BCUT2D eigenvalue weighted by molar-refractivity contribution is 0.124. The van der Waals surface area contributed by atoms with Gasteiger partial charge in [-0.1, -0.05) is 27.2 Å². The van der Waals surface area contributed by atoms with Crippen LogP contribution in [0.15, 0.2) is 0 Å². The molecule has 2 nitrogen and oxygen atoms in total. The predicted molar refractivity (Wildman–Crippen MR) is 71.5 cm³/mol. The van der Waals surface area contributed by atoms with E-state index in [2.05, 4.69) is 32.7 Å². The molecular formula is C14H30N2. The average molecular weight is 226 g/mol. The summed E-state index contributed by atoms with van der Waals surface area (Å²) in [6.45, 7) is 9.43. The molecule has 1 aliphatic carbocycles. The van der Waals surface area contributed by atoms with Crippen molar-refractivity contribution in [3.63, 3.8) is 0 Å². The molecule has 0 heterocycles. The van der Waals surface area contributed by atoms with Gasteiger partial charge in [0, 0.05) is 12.6 Å². The lowest BCUT2D eigenvalue weighted by Crippen LogP contribution is -2.44. The summed E-state index contributed by atoms with van der Waals surface area (Å²) in [5.74, 6) is 0.700. The highest BCUT2D eigenvalue weighted by atomic mass is 15.1. The molecule has 0 aromatic heterocycles. The number of hydrogen-bond acceptors (Lipinski definition) is 2. The minimum absolute atomic E-state index is 0.428. The van der Waals surface area contributed by atoms with Gasteiger partial charge >= 0.3 is 0 Å². The average Bonchev–Trinajstić information content (AvgIpc) is 2.20. The summed E-state index contributed by atoms with van der Waals surface area (Å²) >= 11 is 0. The van der Waals surface area contributed by atoms with E-state index in [-0.39, 0.29) is 0 Å². The first-order chi connectivity index (χ1) is 7.44. The maximum absolute atomic E-state index is 6.25. The number of nitrogens with zero attached hydrogens (tertiary/aromatic N) is 1. The molecule has 0 spiro atoms. The third kappa shape index (κ3) is 4.42. The molecule has 0 radical (unpaired) electrons. The van der Waals surface area contributed by atoms with Crippen LogP contribution in [0.1, 0.15) is 52.9 Å². The van der Waals surface area contributed by atoms with E-state index >= 15 is 0 Å². The van der Waals surface area contributed by atoms with Gasteiger partial charge in [-0.2, -0.15) is 0 Å². The molecule has 0 bridgehead atoms. The highest BCUT2D eigenvalue weighted by Crippen LogP contribution is 2.38. The fourth-order valence-corrected chi connectivity index (χ4v) is 2.88. The third-order valence-electron chi connectivity index (χ3n) is 4.01. The van der Waals surface area contributed by atoms with Crippen LogP contribution in [-0.4, -0.2) is 31.1 Å². The van der Waals surface area contributed by atoms with Gasteiger partial charge in [0.25, 0.3) is 0 Å². The maximum atomic E-state index is 6.25. The largest absolute Gasteiger partial charge is 0.327 e. The van der Waals surface area contributed by atoms with Crippen molar-refractivity contribution in [2.24, 2.45) is 17.1 Å². The van der Waals surface area contributed by atoms with Crippen LogP contribution < -0.4 is 5.73 Å². The van der Waals surface area contributed by atoms with Crippen molar-refractivity contribution in [1.82, 2.24) is 4.90 Å². The van der Waals surface area contributed by atoms with Gasteiger partial charge in [0.15, 0.2) is 0 Å². The Bertz CT molecular complexity index is 201. The van der Waals surface area contributed by atoms with E-state index in [9.17, 15) is 0 Å². The Kier molecular flexibility index (Phi) is 5.26. The maximum Gasteiger partial charge on any atom is 0.00797 e. The Hall–Kier alpha value is -0.0800. The van der Waals surface area contributed by atoms with E-state index in [4.69, 9.17) is 5.73 Å². The molecule has 1 fully saturated rings. The molecule has 1 saturated carbocycles. The van der Waals surface area contributed by atoms with Crippen molar-refractivity contribution in [2.45, 2.75) is 58.9 Å². The lowest BCUT2D eigenvalue weighted by atomic mass is 9.70. The topological polar surface area (TPSA) is 29.3 Å². The van der Waals surface area contributed by atoms with Crippen LogP contribution in [0.5, 0.6) is 0 Å². The molecule has 0 saturated heterocycles. The number of nitrogens with two attached hydrogens (primary N) is 1. The molecular weight excluding hydrogens is 196 g/mol. The summed E-state index contributed by atoms with van der Waals surface area (Å²) in [5, 5.41) is 0. The standard InChI is InChI=1S/C14H30N2/c1-5-6-9-16(4)11-12-10-14(2,3)8-7-13(12)15/h12-13H,5-11,15H2,1-4H3. The first-order valence-electron chi connectivity index (χ1n) is 6.89. The van der Waals surface area contributed by atoms with Crippen LogP contribution >= 0.6 is 0 Å². The van der Waals surface area contributed by atoms with Crippen LogP contribution in [-0.2, 0) is 0 Å². The molecule has 2 N–H and O–H groups in total. The van der Waals surface area contributed by atoms with Crippen LogP contribution in [0.2, 0.25) is 0 Å². The predicted octanol–water partition coefficient (Wildman–Crippen LogP) is 2.87. The highest BCUT2D eigenvalue weighted by Gasteiger charge is 2.33. The first kappa shape index (κ1) is 14.0. The van der Waals surface area contributed by atoms with Crippen molar-refractivity contribution in [3.8, 4) is 0 Å². The first-order valence-corrected chi connectivity index (χ1v) is 6.89. The van der Waals surface area contributed by atoms with Gasteiger partial charge in [-0.25, -0.2) is 0 Å². The summed E-state index contributed by atoms with van der Waals surface area (Å²) in [6, 6.07) is 0.428.